The van der Waals surface area contributed by atoms with Crippen molar-refractivity contribution in [1.82, 2.24) is 5.32 Å². The van der Waals surface area contributed by atoms with Crippen LogP contribution in [0.25, 0.3) is 0 Å². The van der Waals surface area contributed by atoms with Crippen LogP contribution in [0.3, 0.4) is 0 Å². The number of hydrogen-bond donors (Lipinski definition) is 2. The predicted octanol–water partition coefficient (Wildman–Crippen LogP) is 2.04. The second-order valence-electron chi connectivity index (χ2n) is 4.62. The summed E-state index contributed by atoms with van der Waals surface area (Å²) in [5, 5.41) is 16.6. The van der Waals surface area contributed by atoms with Gasteiger partial charge in [-0.05, 0) is 25.1 Å². The number of benzene rings is 1. The van der Waals surface area contributed by atoms with E-state index in [4.69, 9.17) is 11.6 Å². The van der Waals surface area contributed by atoms with E-state index in [0.717, 1.165) is 13.1 Å². The highest BCUT2D eigenvalue weighted by molar-refractivity contribution is 6.34. The fourth-order valence-electron chi connectivity index (χ4n) is 1.84. The third-order valence-electron chi connectivity index (χ3n) is 3.36. The van der Waals surface area contributed by atoms with Crippen molar-refractivity contribution in [2.75, 3.05) is 18.4 Å². The Kier molecular flexibility index (Phi) is 4.01. The van der Waals surface area contributed by atoms with Gasteiger partial charge in [0.05, 0.1) is 15.6 Å². The van der Waals surface area contributed by atoms with Gasteiger partial charge in [0.1, 0.15) is 0 Å². The summed E-state index contributed by atoms with van der Waals surface area (Å²) in [5.74, 6) is 0.0894. The third-order valence-corrected chi connectivity index (χ3v) is 3.67. The Balaban J connectivity index is 2.06. The number of carbonyl (C=O) groups excluding carboxylic acids is 1. The largest absolute Gasteiger partial charge is 0.325 e. The fourth-order valence-corrected chi connectivity index (χ4v) is 2.07. The minimum Gasteiger partial charge on any atom is -0.325 e. The molecule has 102 valence electrons. The fraction of sp³-hybridized carbons (Fsp3) is 0.417. The lowest BCUT2D eigenvalue weighted by molar-refractivity contribution is -0.384. The highest BCUT2D eigenvalue weighted by Crippen LogP contribution is 2.27. The molecule has 1 saturated heterocycles. The Bertz CT molecular complexity index is 517. The number of nitro benzene ring substituents is 1. The van der Waals surface area contributed by atoms with Gasteiger partial charge in [-0.3, -0.25) is 14.9 Å². The highest BCUT2D eigenvalue weighted by Gasteiger charge is 2.29. The van der Waals surface area contributed by atoms with Crippen molar-refractivity contribution in [3.8, 4) is 0 Å². The number of halogens is 1. The maximum absolute atomic E-state index is 12.0. The number of anilines is 1. The average Bonchev–Trinajstić information content (AvgIpc) is 2.29. The van der Waals surface area contributed by atoms with Gasteiger partial charge >= 0.3 is 0 Å². The summed E-state index contributed by atoms with van der Waals surface area (Å²) in [5.41, 5.74) is 0.302. The van der Waals surface area contributed by atoms with Crippen LogP contribution in [0.4, 0.5) is 11.4 Å². The summed E-state index contributed by atoms with van der Waals surface area (Å²) in [4.78, 5) is 22.0. The molecule has 0 saturated carbocycles. The van der Waals surface area contributed by atoms with E-state index >= 15 is 0 Å². The Morgan fingerprint density at radius 1 is 1.58 bits per heavy atom. The van der Waals surface area contributed by atoms with Crippen molar-refractivity contribution in [3.05, 3.63) is 33.3 Å². The second kappa shape index (κ2) is 5.54. The topological polar surface area (TPSA) is 84.3 Å². The molecule has 19 heavy (non-hydrogen) atoms. The molecular weight excluding hydrogens is 270 g/mol. The van der Waals surface area contributed by atoms with Crippen molar-refractivity contribution >= 4 is 28.9 Å². The van der Waals surface area contributed by atoms with Crippen molar-refractivity contribution in [2.45, 2.75) is 6.92 Å². The molecule has 1 aromatic rings. The normalized spacial score (nSPS) is 16.5. The van der Waals surface area contributed by atoms with Crippen LogP contribution in [0.1, 0.15) is 6.92 Å². The van der Waals surface area contributed by atoms with Gasteiger partial charge in [-0.15, -0.1) is 0 Å². The van der Waals surface area contributed by atoms with Crippen molar-refractivity contribution in [1.29, 1.82) is 0 Å². The number of amides is 1. The summed E-state index contributed by atoms with van der Waals surface area (Å²) in [6.45, 7) is 3.53. The molecule has 0 radical (unpaired) electrons. The number of nitrogens with one attached hydrogen (secondary N) is 2. The molecule has 0 spiro atoms. The van der Waals surface area contributed by atoms with E-state index in [1.165, 1.54) is 18.2 Å². The number of rotatable bonds is 4. The minimum absolute atomic E-state index is 0.0979. The molecular formula is C12H14ClN3O3. The molecule has 1 heterocycles. The Morgan fingerprint density at radius 2 is 2.26 bits per heavy atom. The van der Waals surface area contributed by atoms with Gasteiger partial charge < -0.3 is 10.6 Å². The zero-order valence-corrected chi connectivity index (χ0v) is 11.1. The molecule has 1 atom stereocenters. The molecule has 1 unspecified atom stereocenters. The molecule has 1 aromatic carbocycles. The Labute approximate surface area is 115 Å². The summed E-state index contributed by atoms with van der Waals surface area (Å²) < 4.78 is 0. The predicted molar refractivity (Wildman–Crippen MR) is 72.3 cm³/mol. The lowest BCUT2D eigenvalue weighted by Gasteiger charge is -2.31. The number of hydrogen-bond acceptors (Lipinski definition) is 4. The SMILES string of the molecule is CC(C(=O)Nc1ccc([N+](=O)[O-])cc1Cl)C1CNC1. The molecule has 2 rings (SSSR count). The second-order valence-corrected chi connectivity index (χ2v) is 5.02. The first kappa shape index (κ1) is 13.8. The molecule has 0 aromatic heterocycles. The molecule has 6 nitrogen and oxygen atoms in total. The summed E-state index contributed by atoms with van der Waals surface area (Å²) in [7, 11) is 0. The van der Waals surface area contributed by atoms with E-state index in [0.29, 0.717) is 11.6 Å². The molecule has 1 amide bonds. The lowest BCUT2D eigenvalue weighted by atomic mass is 9.88. The van der Waals surface area contributed by atoms with Gasteiger partial charge in [0.15, 0.2) is 0 Å². The smallest absolute Gasteiger partial charge is 0.271 e. The number of nitrogens with zero attached hydrogens (tertiary/aromatic N) is 1. The van der Waals surface area contributed by atoms with E-state index in [1.807, 2.05) is 6.92 Å². The molecule has 0 bridgehead atoms. The van der Waals surface area contributed by atoms with Crippen LogP contribution in [0.15, 0.2) is 18.2 Å². The van der Waals surface area contributed by atoms with Crippen molar-refractivity contribution < 1.29 is 9.72 Å². The third kappa shape index (κ3) is 3.02. The summed E-state index contributed by atoms with van der Waals surface area (Å²) in [6, 6.07) is 3.99. The van der Waals surface area contributed by atoms with Gasteiger partial charge in [0, 0.05) is 18.1 Å². The van der Waals surface area contributed by atoms with Crippen LogP contribution in [-0.2, 0) is 4.79 Å². The van der Waals surface area contributed by atoms with E-state index in [1.54, 1.807) is 0 Å². The number of nitro groups is 1. The van der Waals surface area contributed by atoms with Gasteiger partial charge in [-0.1, -0.05) is 18.5 Å². The van der Waals surface area contributed by atoms with Crippen LogP contribution in [0.5, 0.6) is 0 Å². The number of carbonyl (C=O) groups is 1. The average molecular weight is 284 g/mol. The van der Waals surface area contributed by atoms with E-state index in [-0.39, 0.29) is 22.5 Å². The molecule has 2 N–H and O–H groups in total. The first-order valence-corrected chi connectivity index (χ1v) is 6.32. The lowest BCUT2D eigenvalue weighted by Crippen LogP contribution is -2.48. The van der Waals surface area contributed by atoms with Crippen LogP contribution in [-0.4, -0.2) is 23.9 Å². The maximum atomic E-state index is 12.0. The number of non-ortho nitro benzene ring substituents is 1. The van der Waals surface area contributed by atoms with Gasteiger partial charge in [0.2, 0.25) is 5.91 Å². The molecule has 7 heteroatoms. The molecule has 1 aliphatic rings. The van der Waals surface area contributed by atoms with Crippen molar-refractivity contribution in [2.24, 2.45) is 11.8 Å². The summed E-state index contributed by atoms with van der Waals surface area (Å²) in [6.07, 6.45) is 0. The van der Waals surface area contributed by atoms with E-state index < -0.39 is 4.92 Å². The van der Waals surface area contributed by atoms with Gasteiger partial charge in [-0.25, -0.2) is 0 Å². The maximum Gasteiger partial charge on any atom is 0.271 e. The van der Waals surface area contributed by atoms with E-state index in [2.05, 4.69) is 10.6 Å². The van der Waals surface area contributed by atoms with Crippen LogP contribution in [0.2, 0.25) is 5.02 Å². The Hall–Kier alpha value is -1.66. The molecule has 1 fully saturated rings. The molecule has 1 aliphatic heterocycles. The van der Waals surface area contributed by atoms with E-state index in [9.17, 15) is 14.9 Å². The minimum atomic E-state index is -0.528. The first-order valence-electron chi connectivity index (χ1n) is 5.94. The van der Waals surface area contributed by atoms with Gasteiger partial charge in [-0.2, -0.15) is 0 Å². The molecule has 0 aliphatic carbocycles. The zero-order chi connectivity index (χ0) is 14.0. The van der Waals surface area contributed by atoms with Crippen LogP contribution >= 0.6 is 11.6 Å². The highest BCUT2D eigenvalue weighted by atomic mass is 35.5. The quantitative estimate of drug-likeness (QED) is 0.654. The first-order chi connectivity index (χ1) is 8.99. The van der Waals surface area contributed by atoms with Crippen LogP contribution < -0.4 is 10.6 Å². The Morgan fingerprint density at radius 3 is 2.74 bits per heavy atom. The van der Waals surface area contributed by atoms with Gasteiger partial charge in [0.25, 0.3) is 5.69 Å². The zero-order valence-electron chi connectivity index (χ0n) is 10.4. The monoisotopic (exact) mass is 283 g/mol. The standard InChI is InChI=1S/C12H14ClN3O3/c1-7(8-5-14-6-8)12(17)15-11-3-2-9(16(18)19)4-10(11)13/h2-4,7-8,14H,5-6H2,1H3,(H,15,17). The van der Waals surface area contributed by atoms with Crippen LogP contribution in [0, 0.1) is 22.0 Å². The summed E-state index contributed by atoms with van der Waals surface area (Å²) >= 11 is 5.92. The van der Waals surface area contributed by atoms with Crippen molar-refractivity contribution in [3.63, 3.8) is 0 Å².